The number of nitrogens with zero attached hydrogens (tertiary/aromatic N) is 3. The van der Waals surface area contributed by atoms with Gasteiger partial charge < -0.3 is 19.9 Å². The van der Waals surface area contributed by atoms with Gasteiger partial charge in [0.15, 0.2) is 0 Å². The third-order valence-corrected chi connectivity index (χ3v) is 4.51. The molecule has 3 rings (SSSR count). The van der Waals surface area contributed by atoms with Crippen molar-refractivity contribution >= 4 is 0 Å². The Morgan fingerprint density at radius 1 is 1.35 bits per heavy atom. The van der Waals surface area contributed by atoms with Gasteiger partial charge in [0.2, 0.25) is 11.8 Å². The first kappa shape index (κ1) is 17.7. The number of fused-ring (bicyclic) bond motifs is 1. The van der Waals surface area contributed by atoms with Gasteiger partial charge in [0.05, 0.1) is 31.4 Å². The van der Waals surface area contributed by atoms with E-state index in [0.717, 1.165) is 29.7 Å². The van der Waals surface area contributed by atoms with Crippen LogP contribution in [0, 0.1) is 11.3 Å². The van der Waals surface area contributed by atoms with Gasteiger partial charge in [-0.05, 0) is 24.6 Å². The monoisotopic (exact) mass is 354 g/mol. The smallest absolute Gasteiger partial charge is 0.224 e. The maximum atomic E-state index is 9.77. The molecule has 0 aliphatic carbocycles. The zero-order valence-corrected chi connectivity index (χ0v) is 15.4. The van der Waals surface area contributed by atoms with E-state index >= 15 is 0 Å². The Morgan fingerprint density at radius 2 is 2.12 bits per heavy atom. The SMILES string of the molecule is CCCc1nn(C)c2c1C(c1cc(OC)ccc1OC)C(C#N)=C(N)O2. The van der Waals surface area contributed by atoms with Crippen molar-refractivity contribution in [1.82, 2.24) is 9.78 Å². The molecule has 0 bridgehead atoms. The Morgan fingerprint density at radius 3 is 2.73 bits per heavy atom. The Labute approximate surface area is 152 Å². The van der Waals surface area contributed by atoms with Crippen LogP contribution in [0.2, 0.25) is 0 Å². The Bertz CT molecular complexity index is 908. The fourth-order valence-electron chi connectivity index (χ4n) is 3.35. The van der Waals surface area contributed by atoms with Crippen LogP contribution in [-0.4, -0.2) is 24.0 Å². The second-order valence-corrected chi connectivity index (χ2v) is 6.07. The van der Waals surface area contributed by atoms with Crippen LogP contribution in [0.5, 0.6) is 17.4 Å². The largest absolute Gasteiger partial charge is 0.497 e. The van der Waals surface area contributed by atoms with E-state index in [0.29, 0.717) is 23.0 Å². The van der Waals surface area contributed by atoms with Gasteiger partial charge in [0.25, 0.3) is 0 Å². The average Bonchev–Trinajstić information content (AvgIpc) is 2.95. The molecule has 0 radical (unpaired) electrons. The lowest BCUT2D eigenvalue weighted by atomic mass is 9.83. The van der Waals surface area contributed by atoms with Crippen LogP contribution in [0.1, 0.15) is 36.1 Å². The predicted octanol–water partition coefficient (Wildman–Crippen LogP) is 2.61. The lowest BCUT2D eigenvalue weighted by molar-refractivity contribution is 0.355. The summed E-state index contributed by atoms with van der Waals surface area (Å²) in [7, 11) is 5.01. The van der Waals surface area contributed by atoms with Gasteiger partial charge in [-0.1, -0.05) is 13.3 Å². The molecule has 0 fully saturated rings. The maximum Gasteiger partial charge on any atom is 0.224 e. The number of ether oxygens (including phenoxy) is 3. The molecule has 1 atom stereocenters. The molecule has 2 heterocycles. The molecule has 0 saturated carbocycles. The minimum Gasteiger partial charge on any atom is -0.497 e. The molecular weight excluding hydrogens is 332 g/mol. The lowest BCUT2D eigenvalue weighted by Gasteiger charge is -2.26. The number of allylic oxidation sites excluding steroid dienone is 1. The summed E-state index contributed by atoms with van der Waals surface area (Å²) in [6, 6.07) is 7.71. The molecule has 1 aliphatic heterocycles. The molecule has 1 aromatic carbocycles. The Kier molecular flexibility index (Phi) is 4.76. The number of nitrogens with two attached hydrogens (primary N) is 1. The highest BCUT2D eigenvalue weighted by Gasteiger charge is 2.37. The first-order chi connectivity index (χ1) is 12.5. The van der Waals surface area contributed by atoms with Crippen molar-refractivity contribution in [3.05, 3.63) is 46.5 Å². The number of rotatable bonds is 5. The fraction of sp³-hybridized carbons (Fsp3) is 0.368. The van der Waals surface area contributed by atoms with E-state index in [4.69, 9.17) is 19.9 Å². The van der Waals surface area contributed by atoms with Crippen LogP contribution in [0.15, 0.2) is 29.7 Å². The summed E-state index contributed by atoms with van der Waals surface area (Å²) in [6.45, 7) is 2.08. The minimum atomic E-state index is -0.427. The fourth-order valence-corrected chi connectivity index (χ4v) is 3.35. The molecule has 26 heavy (non-hydrogen) atoms. The molecule has 0 saturated heterocycles. The molecule has 7 heteroatoms. The first-order valence-electron chi connectivity index (χ1n) is 8.40. The number of aromatic nitrogens is 2. The van der Waals surface area contributed by atoms with Crippen molar-refractivity contribution in [2.24, 2.45) is 12.8 Å². The number of nitriles is 1. The van der Waals surface area contributed by atoms with Gasteiger partial charge in [0.1, 0.15) is 23.1 Å². The molecule has 7 nitrogen and oxygen atoms in total. The summed E-state index contributed by atoms with van der Waals surface area (Å²) in [5, 5.41) is 14.4. The van der Waals surface area contributed by atoms with Gasteiger partial charge in [-0.2, -0.15) is 10.4 Å². The molecule has 1 aliphatic rings. The van der Waals surface area contributed by atoms with Crippen molar-refractivity contribution in [2.75, 3.05) is 14.2 Å². The number of aryl methyl sites for hydroxylation is 2. The number of hydrogen-bond acceptors (Lipinski definition) is 6. The summed E-state index contributed by atoms with van der Waals surface area (Å²) in [5.41, 5.74) is 8.95. The molecule has 0 spiro atoms. The van der Waals surface area contributed by atoms with Crippen molar-refractivity contribution in [3.63, 3.8) is 0 Å². The second kappa shape index (κ2) is 7.00. The summed E-state index contributed by atoms with van der Waals surface area (Å²) in [4.78, 5) is 0. The number of hydrogen-bond donors (Lipinski definition) is 1. The molecule has 136 valence electrons. The van der Waals surface area contributed by atoms with Gasteiger partial charge in [-0.3, -0.25) is 0 Å². The summed E-state index contributed by atoms with van der Waals surface area (Å²) in [5.74, 6) is 1.53. The number of benzene rings is 1. The average molecular weight is 354 g/mol. The van der Waals surface area contributed by atoms with E-state index in [-0.39, 0.29) is 5.88 Å². The number of methoxy groups -OCH3 is 2. The predicted molar refractivity (Wildman–Crippen MR) is 96.0 cm³/mol. The van der Waals surface area contributed by atoms with Crippen molar-refractivity contribution in [2.45, 2.75) is 25.7 Å². The first-order valence-corrected chi connectivity index (χ1v) is 8.40. The van der Waals surface area contributed by atoms with E-state index in [9.17, 15) is 5.26 Å². The Balaban J connectivity index is 2.31. The molecular formula is C19H22N4O3. The van der Waals surface area contributed by atoms with Crippen LogP contribution in [0.4, 0.5) is 0 Å². The maximum absolute atomic E-state index is 9.77. The molecule has 2 N–H and O–H groups in total. The van der Waals surface area contributed by atoms with Gasteiger partial charge >= 0.3 is 0 Å². The van der Waals surface area contributed by atoms with Gasteiger partial charge in [0, 0.05) is 12.6 Å². The molecule has 1 unspecified atom stereocenters. The third kappa shape index (κ3) is 2.73. The highest BCUT2D eigenvalue weighted by Crippen LogP contribution is 2.47. The standard InChI is InChI=1S/C19H22N4O3/c1-5-6-14-17-16(12-9-11(24-3)7-8-15(12)25-4)13(10-20)18(21)26-19(17)23(2)22-14/h7-9,16H,5-6,21H2,1-4H3. The van der Waals surface area contributed by atoms with Crippen molar-refractivity contribution in [1.29, 1.82) is 5.26 Å². The Hall–Kier alpha value is -3.14. The van der Waals surface area contributed by atoms with Crippen LogP contribution in [0.3, 0.4) is 0 Å². The quantitative estimate of drug-likeness (QED) is 0.887. The molecule has 2 aromatic rings. The zero-order valence-electron chi connectivity index (χ0n) is 15.4. The highest BCUT2D eigenvalue weighted by molar-refractivity contribution is 5.59. The van der Waals surface area contributed by atoms with E-state index in [1.54, 1.807) is 18.9 Å². The zero-order chi connectivity index (χ0) is 18.8. The van der Waals surface area contributed by atoms with E-state index < -0.39 is 5.92 Å². The molecule has 1 aromatic heterocycles. The normalized spacial score (nSPS) is 15.9. The van der Waals surface area contributed by atoms with Gasteiger partial charge in [-0.25, -0.2) is 4.68 Å². The minimum absolute atomic E-state index is 0.0842. The highest BCUT2D eigenvalue weighted by atomic mass is 16.5. The topological polar surface area (TPSA) is 95.3 Å². The lowest BCUT2D eigenvalue weighted by Crippen LogP contribution is -2.22. The van der Waals surface area contributed by atoms with E-state index in [1.807, 2.05) is 25.2 Å². The van der Waals surface area contributed by atoms with E-state index in [2.05, 4.69) is 18.1 Å². The van der Waals surface area contributed by atoms with Gasteiger partial charge in [-0.15, -0.1) is 0 Å². The molecule has 0 amide bonds. The van der Waals surface area contributed by atoms with Crippen LogP contribution >= 0.6 is 0 Å². The summed E-state index contributed by atoms with van der Waals surface area (Å²) >= 11 is 0. The summed E-state index contributed by atoms with van der Waals surface area (Å²) < 4.78 is 18.3. The van der Waals surface area contributed by atoms with E-state index in [1.165, 1.54) is 0 Å². The van der Waals surface area contributed by atoms with Crippen LogP contribution < -0.4 is 19.9 Å². The second-order valence-electron chi connectivity index (χ2n) is 6.07. The third-order valence-electron chi connectivity index (χ3n) is 4.51. The van der Waals surface area contributed by atoms with Crippen molar-refractivity contribution in [3.8, 4) is 23.4 Å². The van der Waals surface area contributed by atoms with Crippen LogP contribution in [-0.2, 0) is 13.5 Å². The summed E-state index contributed by atoms with van der Waals surface area (Å²) in [6.07, 6.45) is 1.69. The van der Waals surface area contributed by atoms with Crippen LogP contribution in [0.25, 0.3) is 0 Å². The van der Waals surface area contributed by atoms with Crippen molar-refractivity contribution < 1.29 is 14.2 Å².